The summed E-state index contributed by atoms with van der Waals surface area (Å²) in [6.45, 7) is -0.0256. The first-order chi connectivity index (χ1) is 12.1. The van der Waals surface area contributed by atoms with E-state index < -0.39 is 10.0 Å². The molecule has 0 spiro atoms. The molecule has 0 saturated heterocycles. The molecule has 0 amide bonds. The summed E-state index contributed by atoms with van der Waals surface area (Å²) in [4.78, 5) is 8.26. The lowest BCUT2D eigenvalue weighted by Gasteiger charge is -2.04. The fraction of sp³-hybridized carbons (Fsp3) is 0.0625. The predicted octanol–water partition coefficient (Wildman–Crippen LogP) is 1.86. The summed E-state index contributed by atoms with van der Waals surface area (Å²) >= 11 is 0. The number of imidazole rings is 1. The number of sulfonamides is 1. The third-order valence-corrected chi connectivity index (χ3v) is 4.96. The Morgan fingerprint density at radius 1 is 1.08 bits per heavy atom. The van der Waals surface area contributed by atoms with Gasteiger partial charge in [-0.2, -0.15) is 0 Å². The van der Waals surface area contributed by atoms with Gasteiger partial charge in [-0.15, -0.1) is 0 Å². The van der Waals surface area contributed by atoms with Crippen molar-refractivity contribution in [2.75, 3.05) is 0 Å². The van der Waals surface area contributed by atoms with E-state index in [1.54, 1.807) is 48.8 Å². The maximum Gasteiger partial charge on any atom is 0.258 e. The molecule has 9 heteroatoms. The van der Waals surface area contributed by atoms with Crippen LogP contribution in [-0.2, 0) is 16.6 Å². The van der Waals surface area contributed by atoms with E-state index in [2.05, 4.69) is 19.8 Å². The minimum absolute atomic E-state index is 0.0256. The average molecular weight is 355 g/mol. The van der Waals surface area contributed by atoms with Crippen LogP contribution in [-0.4, -0.2) is 27.9 Å². The van der Waals surface area contributed by atoms with Gasteiger partial charge >= 0.3 is 0 Å². The van der Waals surface area contributed by atoms with Gasteiger partial charge in [0.05, 0.1) is 18.4 Å². The van der Waals surface area contributed by atoms with Crippen molar-refractivity contribution >= 4 is 15.7 Å². The van der Waals surface area contributed by atoms with Crippen LogP contribution in [0.2, 0.25) is 0 Å². The predicted molar refractivity (Wildman–Crippen MR) is 89.0 cm³/mol. The summed E-state index contributed by atoms with van der Waals surface area (Å²) in [7, 11) is -3.75. The maximum atomic E-state index is 12.5. The van der Waals surface area contributed by atoms with E-state index >= 15 is 0 Å². The monoisotopic (exact) mass is 355 g/mol. The molecule has 0 saturated carbocycles. The molecule has 25 heavy (non-hydrogen) atoms. The molecule has 0 aliphatic rings. The number of aromatic nitrogens is 4. The molecule has 0 unspecified atom stereocenters. The lowest BCUT2D eigenvalue weighted by atomic mass is 10.2. The third kappa shape index (κ3) is 3.02. The van der Waals surface area contributed by atoms with E-state index in [-0.39, 0.29) is 11.6 Å². The lowest BCUT2D eigenvalue weighted by molar-refractivity contribution is 0.382. The van der Waals surface area contributed by atoms with E-state index in [1.807, 2.05) is 6.07 Å². The Hall–Kier alpha value is -3.04. The zero-order valence-electron chi connectivity index (χ0n) is 12.9. The smallest absolute Gasteiger partial charge is 0.258 e. The van der Waals surface area contributed by atoms with Crippen LogP contribution in [0.5, 0.6) is 0 Å². The Morgan fingerprint density at radius 2 is 1.96 bits per heavy atom. The maximum absolute atomic E-state index is 12.5. The first kappa shape index (κ1) is 15.5. The Morgan fingerprint density at radius 3 is 2.80 bits per heavy atom. The first-order valence-electron chi connectivity index (χ1n) is 7.42. The molecule has 4 aromatic heterocycles. The largest absolute Gasteiger partial charge is 0.359 e. The van der Waals surface area contributed by atoms with Crippen LogP contribution in [0.4, 0.5) is 0 Å². The molecule has 4 aromatic rings. The standard InChI is InChI=1S/C16H13N5O3S/c22-25(23,16-11-18-15-6-2-4-8-21(15)16)19-10-12-9-14(20-24-12)13-5-1-3-7-17-13/h1-9,11,19H,10H2. The highest BCUT2D eigenvalue weighted by Crippen LogP contribution is 2.17. The van der Waals surface area contributed by atoms with Gasteiger partial charge in [0.2, 0.25) is 0 Å². The number of nitrogens with zero attached hydrogens (tertiary/aromatic N) is 4. The molecular formula is C16H13N5O3S. The minimum atomic E-state index is -3.75. The van der Waals surface area contributed by atoms with Gasteiger partial charge < -0.3 is 4.52 Å². The van der Waals surface area contributed by atoms with Crippen LogP contribution in [0.3, 0.4) is 0 Å². The van der Waals surface area contributed by atoms with Crippen LogP contribution in [0.25, 0.3) is 17.0 Å². The minimum Gasteiger partial charge on any atom is -0.359 e. The molecular weight excluding hydrogens is 342 g/mol. The zero-order valence-corrected chi connectivity index (χ0v) is 13.7. The van der Waals surface area contributed by atoms with Crippen LogP contribution >= 0.6 is 0 Å². The highest BCUT2D eigenvalue weighted by atomic mass is 32.2. The Kier molecular flexibility index (Phi) is 3.79. The molecule has 0 atom stereocenters. The van der Waals surface area contributed by atoms with Crippen molar-refractivity contribution in [3.8, 4) is 11.4 Å². The second-order valence-corrected chi connectivity index (χ2v) is 6.96. The number of hydrogen-bond donors (Lipinski definition) is 1. The molecule has 0 bridgehead atoms. The van der Waals surface area contributed by atoms with Crippen LogP contribution in [0.15, 0.2) is 70.6 Å². The summed E-state index contributed by atoms with van der Waals surface area (Å²) in [6.07, 6.45) is 4.61. The SMILES string of the molecule is O=S(=O)(NCc1cc(-c2ccccn2)no1)c1cnc2ccccn12. The van der Waals surface area contributed by atoms with Crippen LogP contribution in [0.1, 0.15) is 5.76 Å². The van der Waals surface area contributed by atoms with Gasteiger partial charge in [0.15, 0.2) is 10.8 Å². The van der Waals surface area contributed by atoms with E-state index in [4.69, 9.17) is 4.52 Å². The van der Waals surface area contributed by atoms with Crippen molar-refractivity contribution in [3.05, 3.63) is 66.8 Å². The van der Waals surface area contributed by atoms with Gasteiger partial charge in [0.25, 0.3) is 10.0 Å². The molecule has 0 aromatic carbocycles. The van der Waals surface area contributed by atoms with Gasteiger partial charge in [-0.1, -0.05) is 17.3 Å². The van der Waals surface area contributed by atoms with Crippen LogP contribution in [0, 0.1) is 0 Å². The molecule has 0 aliphatic heterocycles. The third-order valence-electron chi connectivity index (χ3n) is 3.58. The topological polar surface area (TPSA) is 102 Å². The van der Waals surface area contributed by atoms with Crippen molar-refractivity contribution in [1.29, 1.82) is 0 Å². The molecule has 8 nitrogen and oxygen atoms in total. The number of nitrogens with one attached hydrogen (secondary N) is 1. The highest BCUT2D eigenvalue weighted by molar-refractivity contribution is 7.89. The lowest BCUT2D eigenvalue weighted by Crippen LogP contribution is -2.24. The summed E-state index contributed by atoms with van der Waals surface area (Å²) < 4.78 is 34.2. The number of hydrogen-bond acceptors (Lipinski definition) is 6. The summed E-state index contributed by atoms with van der Waals surface area (Å²) in [6, 6.07) is 12.3. The number of rotatable bonds is 5. The molecule has 4 rings (SSSR count). The van der Waals surface area contributed by atoms with Gasteiger partial charge in [-0.25, -0.2) is 18.1 Å². The van der Waals surface area contributed by atoms with Crippen molar-refractivity contribution in [2.45, 2.75) is 11.6 Å². The Bertz CT molecular complexity index is 1120. The van der Waals surface area contributed by atoms with Crippen molar-refractivity contribution in [1.82, 2.24) is 24.2 Å². The molecule has 1 N–H and O–H groups in total. The summed E-state index contributed by atoms with van der Waals surface area (Å²) in [5.74, 6) is 0.387. The Labute approximate surface area is 143 Å². The quantitative estimate of drug-likeness (QED) is 0.586. The van der Waals surface area contributed by atoms with Gasteiger partial charge in [-0.05, 0) is 24.3 Å². The van der Waals surface area contributed by atoms with Crippen molar-refractivity contribution in [3.63, 3.8) is 0 Å². The number of pyridine rings is 2. The first-order valence-corrected chi connectivity index (χ1v) is 8.90. The molecule has 4 heterocycles. The van der Waals surface area contributed by atoms with Crippen molar-refractivity contribution in [2.24, 2.45) is 0 Å². The summed E-state index contributed by atoms with van der Waals surface area (Å²) in [5.41, 5.74) is 1.76. The van der Waals surface area contributed by atoms with Gasteiger partial charge in [-0.3, -0.25) is 9.38 Å². The summed E-state index contributed by atoms with van der Waals surface area (Å²) in [5, 5.41) is 3.97. The average Bonchev–Trinajstić information content (AvgIpc) is 3.28. The van der Waals surface area contributed by atoms with E-state index in [0.29, 0.717) is 22.8 Å². The molecule has 0 fully saturated rings. The van der Waals surface area contributed by atoms with Crippen LogP contribution < -0.4 is 4.72 Å². The van der Waals surface area contributed by atoms with Gasteiger partial charge in [0.1, 0.15) is 11.3 Å². The zero-order chi connectivity index (χ0) is 17.3. The highest BCUT2D eigenvalue weighted by Gasteiger charge is 2.20. The Balaban J connectivity index is 1.54. The van der Waals surface area contributed by atoms with E-state index in [9.17, 15) is 8.42 Å². The van der Waals surface area contributed by atoms with Crippen molar-refractivity contribution < 1.29 is 12.9 Å². The normalized spacial score (nSPS) is 11.8. The number of fused-ring (bicyclic) bond motifs is 1. The second-order valence-electron chi connectivity index (χ2n) is 5.24. The molecule has 0 radical (unpaired) electrons. The van der Waals surface area contributed by atoms with Gasteiger partial charge in [0, 0.05) is 18.5 Å². The van der Waals surface area contributed by atoms with E-state index in [0.717, 1.165) is 0 Å². The molecule has 0 aliphatic carbocycles. The van der Waals surface area contributed by atoms with E-state index in [1.165, 1.54) is 10.6 Å². The second kappa shape index (κ2) is 6.11. The fourth-order valence-corrected chi connectivity index (χ4v) is 3.46. The fourth-order valence-electron chi connectivity index (χ4n) is 2.38. The molecule has 126 valence electrons.